The Bertz CT molecular complexity index is 996. The fourth-order valence-electron chi connectivity index (χ4n) is 3.41. The minimum absolute atomic E-state index is 0.168. The van der Waals surface area contributed by atoms with Gasteiger partial charge in [0.1, 0.15) is 12.4 Å². The third kappa shape index (κ3) is 5.85. The molecule has 1 fully saturated rings. The standard InChI is InChI=1S/C23H26ClN5O2/c1-27-10-12-28(13-11-27)14-15-31-22-8-2-18(3-9-22)23(30)26-20-4-6-21(7-5-20)29-17-19(24)16-25-29/h2-9,16-17H,10-15H2,1H3,(H,26,30). The first-order chi connectivity index (χ1) is 15.1. The van der Waals surface area contributed by atoms with E-state index in [1.54, 1.807) is 29.2 Å². The van der Waals surface area contributed by atoms with Gasteiger partial charge in [-0.25, -0.2) is 4.68 Å². The summed E-state index contributed by atoms with van der Waals surface area (Å²) in [4.78, 5) is 17.3. The van der Waals surface area contributed by atoms with Gasteiger partial charge in [-0.05, 0) is 55.6 Å². The molecule has 2 aromatic carbocycles. The summed E-state index contributed by atoms with van der Waals surface area (Å²) in [6.45, 7) is 5.92. The fraction of sp³-hybridized carbons (Fsp3) is 0.304. The molecule has 0 spiro atoms. The van der Waals surface area contributed by atoms with Gasteiger partial charge in [-0.15, -0.1) is 0 Å². The van der Waals surface area contributed by atoms with Crippen LogP contribution in [0.5, 0.6) is 5.75 Å². The van der Waals surface area contributed by atoms with Crippen LogP contribution in [0.15, 0.2) is 60.9 Å². The molecule has 162 valence electrons. The summed E-state index contributed by atoms with van der Waals surface area (Å²) in [7, 11) is 2.15. The van der Waals surface area contributed by atoms with E-state index in [1.807, 2.05) is 36.4 Å². The smallest absolute Gasteiger partial charge is 0.255 e. The van der Waals surface area contributed by atoms with Crippen molar-refractivity contribution in [1.82, 2.24) is 19.6 Å². The third-order valence-electron chi connectivity index (χ3n) is 5.33. The van der Waals surface area contributed by atoms with E-state index in [9.17, 15) is 4.79 Å². The number of hydrogen-bond acceptors (Lipinski definition) is 5. The number of nitrogens with zero attached hydrogens (tertiary/aromatic N) is 4. The Morgan fingerprint density at radius 1 is 1.06 bits per heavy atom. The maximum absolute atomic E-state index is 12.5. The molecule has 1 aliphatic rings. The van der Waals surface area contributed by atoms with E-state index < -0.39 is 0 Å². The number of anilines is 1. The van der Waals surface area contributed by atoms with Crippen LogP contribution in [0.3, 0.4) is 0 Å². The largest absolute Gasteiger partial charge is 0.492 e. The number of carbonyl (C=O) groups excluding carboxylic acids is 1. The van der Waals surface area contributed by atoms with Crippen molar-refractivity contribution in [3.63, 3.8) is 0 Å². The predicted molar refractivity (Wildman–Crippen MR) is 122 cm³/mol. The molecule has 1 amide bonds. The average Bonchev–Trinajstić information content (AvgIpc) is 3.22. The second kappa shape index (κ2) is 9.96. The lowest BCUT2D eigenvalue weighted by Crippen LogP contribution is -2.45. The molecule has 4 rings (SSSR count). The lowest BCUT2D eigenvalue weighted by molar-refractivity contribution is 0.102. The average molecular weight is 440 g/mol. The van der Waals surface area contributed by atoms with Crippen LogP contribution in [-0.4, -0.2) is 71.9 Å². The summed E-state index contributed by atoms with van der Waals surface area (Å²) in [5.41, 5.74) is 2.15. The zero-order valence-corrected chi connectivity index (χ0v) is 18.3. The molecule has 31 heavy (non-hydrogen) atoms. The molecule has 1 saturated heterocycles. The fourth-order valence-corrected chi connectivity index (χ4v) is 3.55. The Morgan fingerprint density at radius 3 is 2.42 bits per heavy atom. The molecular formula is C23H26ClN5O2. The molecule has 0 saturated carbocycles. The molecule has 1 aromatic heterocycles. The number of piperazine rings is 1. The Balaban J connectivity index is 1.26. The van der Waals surface area contributed by atoms with Gasteiger partial charge in [0.2, 0.25) is 0 Å². The van der Waals surface area contributed by atoms with Gasteiger partial charge in [-0.2, -0.15) is 5.10 Å². The predicted octanol–water partition coefficient (Wildman–Crippen LogP) is 3.40. The number of ether oxygens (including phenoxy) is 1. The first kappa shape index (κ1) is 21.4. The van der Waals surface area contributed by atoms with Crippen molar-refractivity contribution in [3.05, 3.63) is 71.5 Å². The number of carbonyl (C=O) groups is 1. The number of benzene rings is 2. The van der Waals surface area contributed by atoms with Gasteiger partial charge in [0.15, 0.2) is 0 Å². The SMILES string of the molecule is CN1CCN(CCOc2ccc(C(=O)Nc3ccc(-n4cc(Cl)cn4)cc3)cc2)CC1. The molecule has 2 heterocycles. The minimum atomic E-state index is -0.168. The van der Waals surface area contributed by atoms with Gasteiger partial charge in [-0.1, -0.05) is 11.6 Å². The quantitative estimate of drug-likeness (QED) is 0.611. The van der Waals surface area contributed by atoms with Crippen LogP contribution in [0.2, 0.25) is 5.02 Å². The lowest BCUT2D eigenvalue weighted by atomic mass is 10.2. The van der Waals surface area contributed by atoms with Gasteiger partial charge in [0.05, 0.1) is 16.9 Å². The van der Waals surface area contributed by atoms with Crippen molar-refractivity contribution >= 4 is 23.2 Å². The normalized spacial score (nSPS) is 15.0. The lowest BCUT2D eigenvalue weighted by Gasteiger charge is -2.32. The molecule has 0 bridgehead atoms. The Labute approximate surface area is 187 Å². The number of nitrogens with one attached hydrogen (secondary N) is 1. The van der Waals surface area contributed by atoms with Crippen LogP contribution >= 0.6 is 11.6 Å². The summed E-state index contributed by atoms with van der Waals surface area (Å²) >= 11 is 5.90. The van der Waals surface area contributed by atoms with E-state index >= 15 is 0 Å². The number of halogens is 1. The van der Waals surface area contributed by atoms with E-state index in [-0.39, 0.29) is 5.91 Å². The van der Waals surface area contributed by atoms with E-state index in [0.29, 0.717) is 22.9 Å². The Morgan fingerprint density at radius 2 is 1.77 bits per heavy atom. The number of rotatable bonds is 7. The van der Waals surface area contributed by atoms with E-state index in [1.165, 1.54) is 0 Å². The minimum Gasteiger partial charge on any atom is -0.492 e. The molecule has 0 aliphatic carbocycles. The maximum Gasteiger partial charge on any atom is 0.255 e. The topological polar surface area (TPSA) is 62.6 Å². The molecule has 3 aromatic rings. The molecule has 1 N–H and O–H groups in total. The van der Waals surface area contributed by atoms with Crippen molar-refractivity contribution in [1.29, 1.82) is 0 Å². The first-order valence-corrected chi connectivity index (χ1v) is 10.7. The molecule has 0 radical (unpaired) electrons. The summed E-state index contributed by atoms with van der Waals surface area (Å²) in [6, 6.07) is 14.6. The summed E-state index contributed by atoms with van der Waals surface area (Å²) < 4.78 is 7.52. The number of aromatic nitrogens is 2. The van der Waals surface area contributed by atoms with Crippen LogP contribution in [0.25, 0.3) is 5.69 Å². The number of likely N-dealkylation sites (N-methyl/N-ethyl adjacent to an activating group) is 1. The summed E-state index contributed by atoms with van der Waals surface area (Å²) in [5.74, 6) is 0.604. The molecule has 1 aliphatic heterocycles. The molecule has 7 nitrogen and oxygen atoms in total. The molecule has 0 atom stereocenters. The highest BCUT2D eigenvalue weighted by molar-refractivity contribution is 6.30. The van der Waals surface area contributed by atoms with Crippen molar-refractivity contribution < 1.29 is 9.53 Å². The number of amides is 1. The van der Waals surface area contributed by atoms with Crippen LogP contribution < -0.4 is 10.1 Å². The molecule has 0 unspecified atom stereocenters. The second-order valence-electron chi connectivity index (χ2n) is 7.62. The van der Waals surface area contributed by atoms with Gasteiger partial charge >= 0.3 is 0 Å². The van der Waals surface area contributed by atoms with Crippen LogP contribution in [0.4, 0.5) is 5.69 Å². The Hall–Kier alpha value is -2.87. The van der Waals surface area contributed by atoms with Gasteiger partial charge in [-0.3, -0.25) is 9.69 Å². The van der Waals surface area contributed by atoms with Crippen molar-refractivity contribution in [3.8, 4) is 11.4 Å². The third-order valence-corrected chi connectivity index (χ3v) is 5.52. The van der Waals surface area contributed by atoms with Gasteiger partial charge in [0, 0.05) is 50.2 Å². The monoisotopic (exact) mass is 439 g/mol. The second-order valence-corrected chi connectivity index (χ2v) is 8.06. The van der Waals surface area contributed by atoms with E-state index in [4.69, 9.17) is 16.3 Å². The van der Waals surface area contributed by atoms with Gasteiger partial charge < -0.3 is 15.0 Å². The molecule has 8 heteroatoms. The maximum atomic E-state index is 12.5. The van der Waals surface area contributed by atoms with Crippen LogP contribution in [0, 0.1) is 0 Å². The van der Waals surface area contributed by atoms with Crippen molar-refractivity contribution in [2.45, 2.75) is 0 Å². The number of hydrogen-bond donors (Lipinski definition) is 1. The van der Waals surface area contributed by atoms with Crippen molar-refractivity contribution in [2.75, 3.05) is 51.7 Å². The highest BCUT2D eigenvalue weighted by atomic mass is 35.5. The first-order valence-electron chi connectivity index (χ1n) is 10.3. The van der Waals surface area contributed by atoms with Crippen LogP contribution in [0.1, 0.15) is 10.4 Å². The van der Waals surface area contributed by atoms with Crippen LogP contribution in [-0.2, 0) is 0 Å². The van der Waals surface area contributed by atoms with Gasteiger partial charge in [0.25, 0.3) is 5.91 Å². The summed E-state index contributed by atoms with van der Waals surface area (Å²) in [6.07, 6.45) is 3.31. The van der Waals surface area contributed by atoms with E-state index in [0.717, 1.165) is 44.2 Å². The highest BCUT2D eigenvalue weighted by Gasteiger charge is 2.13. The Kier molecular flexibility index (Phi) is 6.86. The van der Waals surface area contributed by atoms with Crippen molar-refractivity contribution in [2.24, 2.45) is 0 Å². The zero-order valence-electron chi connectivity index (χ0n) is 17.5. The molecular weight excluding hydrogens is 414 g/mol. The van der Waals surface area contributed by atoms with E-state index in [2.05, 4.69) is 27.3 Å². The highest BCUT2D eigenvalue weighted by Crippen LogP contribution is 2.17. The summed E-state index contributed by atoms with van der Waals surface area (Å²) in [5, 5.41) is 7.64. The zero-order chi connectivity index (χ0) is 21.6.